The highest BCUT2D eigenvalue weighted by molar-refractivity contribution is 6.18. The number of aromatic nitrogens is 2. The van der Waals surface area contributed by atoms with E-state index in [1.807, 2.05) is 0 Å². The quantitative estimate of drug-likeness (QED) is 0.846. The molecule has 0 aliphatic carbocycles. The maximum absolute atomic E-state index is 11.8. The van der Waals surface area contributed by atoms with Crippen LogP contribution in [0.4, 0.5) is 4.79 Å². The number of amides is 2. The maximum Gasteiger partial charge on any atom is 0.317 e. The Kier molecular flexibility index (Phi) is 5.20. The number of hydrogen-bond acceptors (Lipinski definition) is 4. The minimum atomic E-state index is -0.0864. The molecule has 0 saturated carbocycles. The fraction of sp³-hybridized carbons (Fsp3) is 0.583. The van der Waals surface area contributed by atoms with Gasteiger partial charge in [0.1, 0.15) is 12.4 Å². The monoisotopic (exact) mass is 284 g/mol. The maximum atomic E-state index is 11.8. The Morgan fingerprint density at radius 2 is 2.53 bits per heavy atom. The van der Waals surface area contributed by atoms with E-state index in [4.69, 9.17) is 16.3 Å². The summed E-state index contributed by atoms with van der Waals surface area (Å²) in [6.45, 7) is 1.80. The van der Waals surface area contributed by atoms with Gasteiger partial charge in [-0.2, -0.15) is 0 Å². The van der Waals surface area contributed by atoms with Gasteiger partial charge in [-0.05, 0) is 12.8 Å². The van der Waals surface area contributed by atoms with Gasteiger partial charge < -0.3 is 15.0 Å². The number of rotatable bonds is 4. The van der Waals surface area contributed by atoms with E-state index in [9.17, 15) is 4.79 Å². The molecular formula is C12H17ClN4O2. The van der Waals surface area contributed by atoms with E-state index in [0.717, 1.165) is 19.4 Å². The average molecular weight is 285 g/mol. The van der Waals surface area contributed by atoms with Gasteiger partial charge in [-0.1, -0.05) is 0 Å². The molecule has 2 rings (SSSR count). The first-order valence-electron chi connectivity index (χ1n) is 6.31. The highest BCUT2D eigenvalue weighted by Gasteiger charge is 2.24. The summed E-state index contributed by atoms with van der Waals surface area (Å²) in [7, 11) is 0. The third-order valence-electron chi connectivity index (χ3n) is 2.88. The van der Waals surface area contributed by atoms with Gasteiger partial charge in [-0.15, -0.1) is 11.6 Å². The van der Waals surface area contributed by atoms with Crippen LogP contribution in [0.5, 0.6) is 5.88 Å². The summed E-state index contributed by atoms with van der Waals surface area (Å²) in [6, 6.07) is 1.63. The molecule has 1 unspecified atom stereocenters. The number of piperidine rings is 1. The van der Waals surface area contributed by atoms with Crippen molar-refractivity contribution in [2.75, 3.05) is 25.5 Å². The van der Waals surface area contributed by atoms with E-state index in [-0.39, 0.29) is 12.1 Å². The van der Waals surface area contributed by atoms with Gasteiger partial charge in [-0.3, -0.25) is 0 Å². The van der Waals surface area contributed by atoms with Crippen molar-refractivity contribution in [3.63, 3.8) is 0 Å². The molecule has 2 amide bonds. The predicted molar refractivity (Wildman–Crippen MR) is 71.4 cm³/mol. The molecule has 1 atom stereocenters. The fourth-order valence-electron chi connectivity index (χ4n) is 2.00. The van der Waals surface area contributed by atoms with Crippen LogP contribution in [0.1, 0.15) is 12.8 Å². The molecule has 2 heterocycles. The van der Waals surface area contributed by atoms with Crippen molar-refractivity contribution in [1.82, 2.24) is 20.2 Å². The molecule has 0 spiro atoms. The first-order chi connectivity index (χ1) is 9.29. The van der Waals surface area contributed by atoms with E-state index in [2.05, 4.69) is 15.3 Å². The molecule has 7 heteroatoms. The number of nitrogens with zero attached hydrogens (tertiary/aromatic N) is 3. The average Bonchev–Trinajstić information content (AvgIpc) is 2.46. The molecule has 1 fully saturated rings. The molecule has 1 aliphatic rings. The molecule has 1 aromatic heterocycles. The van der Waals surface area contributed by atoms with Crippen LogP contribution >= 0.6 is 11.6 Å². The minimum Gasteiger partial charge on any atom is -0.472 e. The van der Waals surface area contributed by atoms with Gasteiger partial charge in [0.25, 0.3) is 0 Å². The molecule has 0 aromatic carbocycles. The summed E-state index contributed by atoms with van der Waals surface area (Å²) in [5, 5.41) is 2.76. The summed E-state index contributed by atoms with van der Waals surface area (Å²) in [4.78, 5) is 21.4. The van der Waals surface area contributed by atoms with Crippen molar-refractivity contribution < 1.29 is 9.53 Å². The summed E-state index contributed by atoms with van der Waals surface area (Å²) in [5.41, 5.74) is 0. The van der Waals surface area contributed by atoms with Crippen LogP contribution in [0.15, 0.2) is 18.6 Å². The Labute approximate surface area is 117 Å². The van der Waals surface area contributed by atoms with E-state index >= 15 is 0 Å². The lowest BCUT2D eigenvalue weighted by Gasteiger charge is -2.32. The third kappa shape index (κ3) is 4.24. The number of halogens is 1. The highest BCUT2D eigenvalue weighted by atomic mass is 35.5. The summed E-state index contributed by atoms with van der Waals surface area (Å²) in [6.07, 6.45) is 4.90. The van der Waals surface area contributed by atoms with Gasteiger partial charge in [0.2, 0.25) is 5.88 Å². The number of alkyl halides is 1. The molecule has 0 radical (unpaired) electrons. The van der Waals surface area contributed by atoms with E-state index in [1.165, 1.54) is 6.33 Å². The summed E-state index contributed by atoms with van der Waals surface area (Å²) < 4.78 is 5.74. The predicted octanol–water partition coefficient (Wildman–Crippen LogP) is 1.27. The van der Waals surface area contributed by atoms with Gasteiger partial charge in [0.15, 0.2) is 0 Å². The normalized spacial score (nSPS) is 19.0. The number of urea groups is 1. The van der Waals surface area contributed by atoms with Crippen molar-refractivity contribution >= 4 is 17.6 Å². The molecule has 104 valence electrons. The van der Waals surface area contributed by atoms with Gasteiger partial charge in [0, 0.05) is 31.2 Å². The molecule has 6 nitrogen and oxygen atoms in total. The first kappa shape index (κ1) is 13.9. The largest absolute Gasteiger partial charge is 0.472 e. The Morgan fingerprint density at radius 1 is 1.63 bits per heavy atom. The number of carbonyl (C=O) groups is 1. The second-order valence-corrected chi connectivity index (χ2v) is 4.67. The zero-order valence-electron chi connectivity index (χ0n) is 10.6. The fourth-order valence-corrected chi connectivity index (χ4v) is 2.10. The minimum absolute atomic E-state index is 0.0228. The number of hydrogen-bond donors (Lipinski definition) is 1. The third-order valence-corrected chi connectivity index (χ3v) is 3.07. The Hall–Kier alpha value is -1.56. The first-order valence-corrected chi connectivity index (χ1v) is 6.84. The highest BCUT2D eigenvalue weighted by Crippen LogP contribution is 2.15. The van der Waals surface area contributed by atoms with Crippen LogP contribution in [0, 0.1) is 0 Å². The van der Waals surface area contributed by atoms with E-state index in [0.29, 0.717) is 24.8 Å². The lowest BCUT2D eigenvalue weighted by atomic mass is 10.1. The van der Waals surface area contributed by atoms with Crippen LogP contribution in [-0.4, -0.2) is 52.5 Å². The van der Waals surface area contributed by atoms with Gasteiger partial charge >= 0.3 is 6.03 Å². The Morgan fingerprint density at radius 3 is 3.26 bits per heavy atom. The summed E-state index contributed by atoms with van der Waals surface area (Å²) >= 11 is 5.55. The number of carbonyl (C=O) groups excluding carboxylic acids is 1. The van der Waals surface area contributed by atoms with Crippen LogP contribution in [0.3, 0.4) is 0 Å². The van der Waals surface area contributed by atoms with Crippen molar-refractivity contribution in [3.05, 3.63) is 18.6 Å². The standard InChI is InChI=1S/C12H17ClN4O2/c13-4-6-15-12(18)17-7-1-2-10(8-17)19-11-3-5-14-9-16-11/h3,5,9-10H,1-2,4,6-8H2,(H,15,18). The van der Waals surface area contributed by atoms with E-state index < -0.39 is 0 Å². The lowest BCUT2D eigenvalue weighted by molar-refractivity contribution is 0.0979. The van der Waals surface area contributed by atoms with E-state index in [1.54, 1.807) is 17.2 Å². The van der Waals surface area contributed by atoms with Gasteiger partial charge in [-0.25, -0.2) is 14.8 Å². The van der Waals surface area contributed by atoms with Crippen LogP contribution < -0.4 is 10.1 Å². The zero-order chi connectivity index (χ0) is 13.5. The van der Waals surface area contributed by atoms with Crippen LogP contribution in [0.2, 0.25) is 0 Å². The second-order valence-electron chi connectivity index (χ2n) is 4.30. The molecule has 0 bridgehead atoms. The van der Waals surface area contributed by atoms with Crippen molar-refractivity contribution in [2.24, 2.45) is 0 Å². The van der Waals surface area contributed by atoms with Crippen molar-refractivity contribution in [1.29, 1.82) is 0 Å². The molecular weight excluding hydrogens is 268 g/mol. The van der Waals surface area contributed by atoms with Crippen LogP contribution in [-0.2, 0) is 0 Å². The summed E-state index contributed by atoms with van der Waals surface area (Å²) in [5.74, 6) is 0.962. The van der Waals surface area contributed by atoms with Crippen molar-refractivity contribution in [3.8, 4) is 5.88 Å². The van der Waals surface area contributed by atoms with Crippen molar-refractivity contribution in [2.45, 2.75) is 18.9 Å². The number of likely N-dealkylation sites (tertiary alicyclic amines) is 1. The number of nitrogens with one attached hydrogen (secondary N) is 1. The Balaban J connectivity index is 1.85. The second kappa shape index (κ2) is 7.13. The number of ether oxygens (including phenoxy) is 1. The molecule has 19 heavy (non-hydrogen) atoms. The lowest BCUT2D eigenvalue weighted by Crippen LogP contribution is -2.48. The zero-order valence-corrected chi connectivity index (χ0v) is 11.3. The smallest absolute Gasteiger partial charge is 0.317 e. The molecule has 1 aromatic rings. The van der Waals surface area contributed by atoms with Crippen LogP contribution in [0.25, 0.3) is 0 Å². The Bertz CT molecular complexity index is 404. The molecule has 1 aliphatic heterocycles. The molecule has 1 saturated heterocycles. The van der Waals surface area contributed by atoms with Gasteiger partial charge in [0.05, 0.1) is 6.54 Å². The SMILES string of the molecule is O=C(NCCCl)N1CCCC(Oc2ccncn2)C1. The molecule has 1 N–H and O–H groups in total. The topological polar surface area (TPSA) is 67.4 Å².